The van der Waals surface area contributed by atoms with E-state index in [0.29, 0.717) is 35.5 Å². The lowest BCUT2D eigenvalue weighted by Gasteiger charge is -2.29. The first-order valence-electron chi connectivity index (χ1n) is 9.03. The Morgan fingerprint density at radius 1 is 1.43 bits per heavy atom. The molecule has 4 heterocycles. The summed E-state index contributed by atoms with van der Waals surface area (Å²) >= 11 is 0. The smallest absolute Gasteiger partial charge is 0.342 e. The summed E-state index contributed by atoms with van der Waals surface area (Å²) in [6.45, 7) is 1.28. The zero-order valence-electron chi connectivity index (χ0n) is 15.0. The molecule has 1 fully saturated rings. The molecule has 1 aliphatic rings. The Hall–Kier alpha value is -3.45. The third-order valence-corrected chi connectivity index (χ3v) is 4.98. The molecule has 3 aromatic rings. The highest BCUT2D eigenvalue weighted by Gasteiger charge is 2.26. The fraction of sp³-hybridized carbons (Fsp3) is 0.389. The van der Waals surface area contributed by atoms with Crippen LogP contribution in [0.5, 0.6) is 0 Å². The molecule has 0 spiro atoms. The predicted octanol–water partition coefficient (Wildman–Crippen LogP) is 1.38. The topological polar surface area (TPSA) is 141 Å². The molecular formula is C18H19N7O3. The number of imidazole rings is 1. The number of carbonyl (C=O) groups is 1. The van der Waals surface area contributed by atoms with E-state index in [-0.39, 0.29) is 24.1 Å². The fourth-order valence-corrected chi connectivity index (χ4v) is 3.53. The summed E-state index contributed by atoms with van der Waals surface area (Å²) in [6.07, 6.45) is 6.57. The SMILES string of the molecule is N#CCC(NC(=O)n1cc(-c2ccnc3[nH]c(=O)[nH]c23)cn1)C1CCOCC1. The highest BCUT2D eigenvalue weighted by molar-refractivity contribution is 5.89. The first-order chi connectivity index (χ1) is 13.7. The summed E-state index contributed by atoms with van der Waals surface area (Å²) in [4.78, 5) is 33.6. The van der Waals surface area contributed by atoms with Crippen molar-refractivity contribution in [3.05, 3.63) is 35.1 Å². The maximum Gasteiger partial charge on any atom is 0.342 e. The number of hydrogen-bond donors (Lipinski definition) is 3. The number of hydrogen-bond acceptors (Lipinski definition) is 6. The van der Waals surface area contributed by atoms with Gasteiger partial charge in [-0.1, -0.05) is 0 Å². The predicted molar refractivity (Wildman–Crippen MR) is 99.4 cm³/mol. The van der Waals surface area contributed by atoms with Crippen LogP contribution in [0.2, 0.25) is 0 Å². The second-order valence-corrected chi connectivity index (χ2v) is 6.70. The number of ether oxygens (including phenoxy) is 1. The summed E-state index contributed by atoms with van der Waals surface area (Å²) in [5, 5.41) is 16.2. The summed E-state index contributed by atoms with van der Waals surface area (Å²) < 4.78 is 6.57. The van der Waals surface area contributed by atoms with Crippen molar-refractivity contribution in [3.8, 4) is 17.2 Å². The third kappa shape index (κ3) is 3.52. The van der Waals surface area contributed by atoms with Gasteiger partial charge < -0.3 is 15.0 Å². The van der Waals surface area contributed by atoms with E-state index in [2.05, 4.69) is 31.4 Å². The van der Waals surface area contributed by atoms with Gasteiger partial charge in [-0.3, -0.25) is 4.98 Å². The number of H-pyrrole nitrogens is 2. The highest BCUT2D eigenvalue weighted by atomic mass is 16.5. The van der Waals surface area contributed by atoms with Crippen molar-refractivity contribution < 1.29 is 9.53 Å². The van der Waals surface area contributed by atoms with Crippen LogP contribution in [0.15, 0.2) is 29.5 Å². The van der Waals surface area contributed by atoms with Crippen LogP contribution in [-0.4, -0.2) is 50.0 Å². The summed E-state index contributed by atoms with van der Waals surface area (Å²) in [7, 11) is 0. The standard InChI is InChI=1S/C18H19N7O3/c19-5-1-14(11-3-7-28-8-4-11)22-18(27)25-10-12(9-21-25)13-2-6-20-16-15(13)23-17(26)24-16/h2,6,9-11,14H,1,3-4,7-8H2,(H,22,27)(H2,20,23,24,26). The van der Waals surface area contributed by atoms with Gasteiger partial charge in [-0.2, -0.15) is 15.0 Å². The summed E-state index contributed by atoms with van der Waals surface area (Å²) in [5.41, 5.74) is 2.02. The van der Waals surface area contributed by atoms with Crippen LogP contribution in [0.3, 0.4) is 0 Å². The second kappa shape index (κ2) is 7.66. The lowest BCUT2D eigenvalue weighted by Crippen LogP contribution is -2.44. The Balaban J connectivity index is 1.55. The minimum Gasteiger partial charge on any atom is -0.381 e. The van der Waals surface area contributed by atoms with Crippen LogP contribution >= 0.6 is 0 Å². The van der Waals surface area contributed by atoms with Gasteiger partial charge in [-0.25, -0.2) is 14.6 Å². The van der Waals surface area contributed by atoms with Crippen molar-refractivity contribution in [2.75, 3.05) is 13.2 Å². The van der Waals surface area contributed by atoms with Crippen LogP contribution in [0, 0.1) is 17.2 Å². The van der Waals surface area contributed by atoms with Gasteiger partial charge in [0.1, 0.15) is 0 Å². The van der Waals surface area contributed by atoms with E-state index in [1.807, 2.05) is 0 Å². The number of aromatic amines is 2. The quantitative estimate of drug-likeness (QED) is 0.623. The molecule has 0 aliphatic carbocycles. The molecule has 0 radical (unpaired) electrons. The lowest BCUT2D eigenvalue weighted by molar-refractivity contribution is 0.0554. The third-order valence-electron chi connectivity index (χ3n) is 4.98. The largest absolute Gasteiger partial charge is 0.381 e. The molecular weight excluding hydrogens is 362 g/mol. The first kappa shape index (κ1) is 17.9. The molecule has 3 aromatic heterocycles. The number of nitriles is 1. The van der Waals surface area contributed by atoms with Crippen molar-refractivity contribution >= 4 is 17.2 Å². The lowest BCUT2D eigenvalue weighted by atomic mass is 9.90. The van der Waals surface area contributed by atoms with E-state index in [0.717, 1.165) is 12.8 Å². The van der Waals surface area contributed by atoms with Crippen molar-refractivity contribution in [1.29, 1.82) is 5.26 Å². The van der Waals surface area contributed by atoms with E-state index >= 15 is 0 Å². The van der Waals surface area contributed by atoms with E-state index in [4.69, 9.17) is 10.00 Å². The van der Waals surface area contributed by atoms with Crippen molar-refractivity contribution in [2.45, 2.75) is 25.3 Å². The van der Waals surface area contributed by atoms with Gasteiger partial charge in [0.2, 0.25) is 0 Å². The average Bonchev–Trinajstić information content (AvgIpc) is 3.34. The number of aromatic nitrogens is 5. The number of amides is 1. The molecule has 10 nitrogen and oxygen atoms in total. The molecule has 1 unspecified atom stereocenters. The van der Waals surface area contributed by atoms with Gasteiger partial charge in [0.15, 0.2) is 5.65 Å². The molecule has 28 heavy (non-hydrogen) atoms. The number of nitrogens with one attached hydrogen (secondary N) is 3. The second-order valence-electron chi connectivity index (χ2n) is 6.70. The van der Waals surface area contributed by atoms with Crippen LogP contribution in [0.1, 0.15) is 19.3 Å². The summed E-state index contributed by atoms with van der Waals surface area (Å²) in [5.74, 6) is 0.206. The maximum atomic E-state index is 12.7. The van der Waals surface area contributed by atoms with Gasteiger partial charge in [-0.05, 0) is 24.8 Å². The minimum absolute atomic E-state index is 0.206. The normalized spacial score (nSPS) is 16.0. The summed E-state index contributed by atoms with van der Waals surface area (Å²) in [6, 6.07) is 3.24. The number of fused-ring (bicyclic) bond motifs is 1. The fourth-order valence-electron chi connectivity index (χ4n) is 3.53. The zero-order chi connectivity index (χ0) is 19.5. The molecule has 0 aromatic carbocycles. The number of rotatable bonds is 4. The molecule has 0 bridgehead atoms. The number of carbonyl (C=O) groups excluding carboxylic acids is 1. The number of nitrogens with zero attached hydrogens (tertiary/aromatic N) is 4. The molecule has 1 amide bonds. The Kier molecular flexibility index (Phi) is 4.90. The Bertz CT molecular complexity index is 1080. The van der Waals surface area contributed by atoms with Gasteiger partial charge in [0, 0.05) is 42.8 Å². The van der Waals surface area contributed by atoms with Crippen LogP contribution in [0.4, 0.5) is 4.79 Å². The van der Waals surface area contributed by atoms with E-state index in [1.165, 1.54) is 4.68 Å². The molecule has 1 atom stereocenters. The van der Waals surface area contributed by atoms with Crippen LogP contribution in [-0.2, 0) is 4.74 Å². The van der Waals surface area contributed by atoms with Crippen molar-refractivity contribution in [3.63, 3.8) is 0 Å². The monoisotopic (exact) mass is 381 g/mol. The van der Waals surface area contributed by atoms with Gasteiger partial charge in [0.25, 0.3) is 0 Å². The zero-order valence-corrected chi connectivity index (χ0v) is 15.0. The molecule has 4 rings (SSSR count). The van der Waals surface area contributed by atoms with Gasteiger partial charge in [0.05, 0.1) is 24.2 Å². The van der Waals surface area contributed by atoms with E-state index < -0.39 is 6.03 Å². The van der Waals surface area contributed by atoms with Crippen molar-refractivity contribution in [2.24, 2.45) is 5.92 Å². The molecule has 3 N–H and O–H groups in total. The molecule has 1 saturated heterocycles. The Morgan fingerprint density at radius 2 is 2.25 bits per heavy atom. The number of pyridine rings is 1. The Labute approximate surface area is 159 Å². The van der Waals surface area contributed by atoms with Gasteiger partial charge in [-0.15, -0.1) is 0 Å². The Morgan fingerprint density at radius 3 is 3.04 bits per heavy atom. The molecule has 144 valence electrons. The minimum atomic E-state index is -0.397. The van der Waals surface area contributed by atoms with Crippen molar-refractivity contribution in [1.82, 2.24) is 30.0 Å². The first-order valence-corrected chi connectivity index (χ1v) is 9.03. The highest BCUT2D eigenvalue weighted by Crippen LogP contribution is 2.24. The van der Waals surface area contributed by atoms with E-state index in [9.17, 15) is 9.59 Å². The molecule has 0 saturated carbocycles. The molecule has 1 aliphatic heterocycles. The average molecular weight is 381 g/mol. The molecule has 10 heteroatoms. The van der Waals surface area contributed by atoms with E-state index in [1.54, 1.807) is 24.7 Å². The van der Waals surface area contributed by atoms with Crippen LogP contribution < -0.4 is 11.0 Å². The maximum absolute atomic E-state index is 12.7. The van der Waals surface area contributed by atoms with Gasteiger partial charge >= 0.3 is 11.7 Å². The van der Waals surface area contributed by atoms with Crippen LogP contribution in [0.25, 0.3) is 22.3 Å².